The van der Waals surface area contributed by atoms with Crippen molar-refractivity contribution in [3.63, 3.8) is 0 Å². The largest absolute Gasteiger partial charge is 0.374 e. The minimum absolute atomic E-state index is 0.0447. The summed E-state index contributed by atoms with van der Waals surface area (Å²) in [6.45, 7) is 4.08. The van der Waals surface area contributed by atoms with Gasteiger partial charge in [-0.05, 0) is 30.2 Å². The number of halogens is 1. The molecule has 28 heavy (non-hydrogen) atoms. The van der Waals surface area contributed by atoms with E-state index in [4.69, 9.17) is 4.74 Å². The van der Waals surface area contributed by atoms with E-state index >= 15 is 0 Å². The van der Waals surface area contributed by atoms with Crippen LogP contribution in [0, 0.1) is 12.7 Å². The molecule has 0 unspecified atom stereocenters. The molecule has 3 heterocycles. The number of aromatic nitrogens is 2. The maximum absolute atomic E-state index is 13.8. The molecule has 1 aromatic heterocycles. The zero-order valence-electron chi connectivity index (χ0n) is 16.1. The highest BCUT2D eigenvalue weighted by Crippen LogP contribution is 2.28. The minimum Gasteiger partial charge on any atom is -0.374 e. The van der Waals surface area contributed by atoms with Gasteiger partial charge >= 0.3 is 0 Å². The Morgan fingerprint density at radius 3 is 2.75 bits per heavy atom. The summed E-state index contributed by atoms with van der Waals surface area (Å²) < 4.78 is 48.8. The molecule has 0 bridgehead atoms. The Labute approximate surface area is 164 Å². The van der Waals surface area contributed by atoms with E-state index in [0.29, 0.717) is 25.2 Å². The monoisotopic (exact) mass is 408 g/mol. The average molecular weight is 408 g/mol. The maximum Gasteiger partial charge on any atom is 0.217 e. The van der Waals surface area contributed by atoms with E-state index in [1.54, 1.807) is 11.6 Å². The highest BCUT2D eigenvalue weighted by atomic mass is 32.2. The lowest BCUT2D eigenvalue weighted by Gasteiger charge is -2.28. The lowest BCUT2D eigenvalue weighted by atomic mass is 10.1. The van der Waals surface area contributed by atoms with Crippen LogP contribution in [0.3, 0.4) is 0 Å². The highest BCUT2D eigenvalue weighted by Gasteiger charge is 2.44. The summed E-state index contributed by atoms with van der Waals surface area (Å²) in [5.74, 6) is -0.392. The molecule has 0 spiro atoms. The molecule has 2 saturated heterocycles. The van der Waals surface area contributed by atoms with Crippen LogP contribution in [0.5, 0.6) is 0 Å². The molecular formula is C19H25FN4O3S. The molecule has 2 aliphatic rings. The Balaban J connectivity index is 1.57. The Hall–Kier alpha value is -1.81. The van der Waals surface area contributed by atoms with Gasteiger partial charge in [0, 0.05) is 45.0 Å². The van der Waals surface area contributed by atoms with Crippen LogP contribution < -0.4 is 0 Å². The summed E-state index contributed by atoms with van der Waals surface area (Å²) in [7, 11) is -1.62. The molecule has 2 aromatic rings. The number of rotatable bonds is 4. The van der Waals surface area contributed by atoms with Crippen LogP contribution in [0.1, 0.15) is 16.7 Å². The Kier molecular flexibility index (Phi) is 5.26. The molecule has 0 N–H and O–H groups in total. The van der Waals surface area contributed by atoms with Gasteiger partial charge in [-0.25, -0.2) is 12.8 Å². The van der Waals surface area contributed by atoms with Crippen LogP contribution in [0.25, 0.3) is 0 Å². The minimum atomic E-state index is -3.49. The number of ether oxygens (including phenoxy) is 1. The predicted molar refractivity (Wildman–Crippen MR) is 102 cm³/mol. The molecule has 1 aromatic carbocycles. The SMILES string of the molecule is Cc1cc(F)cc(CN2[C@@H]3CN(Cc4cnn(C)c4)C[C@@H]3OCCS2(=O)=O)c1. The molecule has 0 saturated carbocycles. The maximum atomic E-state index is 13.8. The first kappa shape index (κ1) is 19.5. The predicted octanol–water partition coefficient (Wildman–Crippen LogP) is 1.28. The van der Waals surface area contributed by atoms with Gasteiger partial charge in [-0.3, -0.25) is 9.58 Å². The number of benzene rings is 1. The van der Waals surface area contributed by atoms with E-state index in [-0.39, 0.29) is 36.9 Å². The second kappa shape index (κ2) is 7.55. The number of aryl methyl sites for hydroxylation is 2. The van der Waals surface area contributed by atoms with Crippen molar-refractivity contribution in [1.82, 2.24) is 19.0 Å². The smallest absolute Gasteiger partial charge is 0.217 e. The van der Waals surface area contributed by atoms with E-state index in [1.165, 1.54) is 16.4 Å². The van der Waals surface area contributed by atoms with Gasteiger partial charge in [0.15, 0.2) is 0 Å². The summed E-state index contributed by atoms with van der Waals surface area (Å²) in [5, 5.41) is 4.19. The van der Waals surface area contributed by atoms with Gasteiger partial charge in [0.2, 0.25) is 10.0 Å². The van der Waals surface area contributed by atoms with Gasteiger partial charge in [-0.15, -0.1) is 0 Å². The van der Waals surface area contributed by atoms with Gasteiger partial charge in [0.25, 0.3) is 0 Å². The van der Waals surface area contributed by atoms with Crippen molar-refractivity contribution in [2.24, 2.45) is 7.05 Å². The summed E-state index contributed by atoms with van der Waals surface area (Å²) in [6, 6.07) is 4.40. The van der Waals surface area contributed by atoms with Crippen molar-refractivity contribution >= 4 is 10.0 Å². The molecule has 4 rings (SSSR count). The van der Waals surface area contributed by atoms with Gasteiger partial charge in [-0.1, -0.05) is 6.07 Å². The summed E-state index contributed by atoms with van der Waals surface area (Å²) in [6.07, 6.45) is 3.58. The van der Waals surface area contributed by atoms with Crippen molar-refractivity contribution in [2.75, 3.05) is 25.4 Å². The molecule has 0 aliphatic carbocycles. The molecule has 2 atom stereocenters. The molecule has 0 amide bonds. The van der Waals surface area contributed by atoms with Crippen LogP contribution in [-0.2, 0) is 34.9 Å². The van der Waals surface area contributed by atoms with E-state index in [1.807, 2.05) is 25.5 Å². The summed E-state index contributed by atoms with van der Waals surface area (Å²) in [4.78, 5) is 2.19. The van der Waals surface area contributed by atoms with Crippen molar-refractivity contribution in [2.45, 2.75) is 32.2 Å². The fourth-order valence-electron chi connectivity index (χ4n) is 4.14. The number of hydrogen-bond acceptors (Lipinski definition) is 5. The summed E-state index contributed by atoms with van der Waals surface area (Å²) >= 11 is 0. The fourth-order valence-corrected chi connectivity index (χ4v) is 5.64. The first-order chi connectivity index (χ1) is 13.3. The first-order valence-corrected chi connectivity index (χ1v) is 11.0. The first-order valence-electron chi connectivity index (χ1n) is 9.37. The van der Waals surface area contributed by atoms with Gasteiger partial charge < -0.3 is 4.74 Å². The topological polar surface area (TPSA) is 67.7 Å². The molecule has 0 radical (unpaired) electrons. The fraction of sp³-hybridized carbons (Fsp3) is 0.526. The number of nitrogens with zero attached hydrogens (tertiary/aromatic N) is 4. The molecule has 7 nitrogen and oxygen atoms in total. The van der Waals surface area contributed by atoms with Crippen LogP contribution in [0.15, 0.2) is 30.6 Å². The van der Waals surface area contributed by atoms with E-state index in [2.05, 4.69) is 10.00 Å². The molecule has 2 fully saturated rings. The zero-order chi connectivity index (χ0) is 19.9. The molecule has 2 aliphatic heterocycles. The zero-order valence-corrected chi connectivity index (χ0v) is 16.9. The van der Waals surface area contributed by atoms with Crippen molar-refractivity contribution in [3.8, 4) is 0 Å². The quantitative estimate of drug-likeness (QED) is 0.763. The number of likely N-dealkylation sites (tertiary alicyclic amines) is 1. The Morgan fingerprint density at radius 2 is 2.04 bits per heavy atom. The van der Waals surface area contributed by atoms with Crippen LogP contribution in [-0.4, -0.2) is 65.0 Å². The third-order valence-corrected chi connectivity index (χ3v) is 7.11. The molecule has 9 heteroatoms. The Morgan fingerprint density at radius 1 is 1.21 bits per heavy atom. The average Bonchev–Trinajstić information content (AvgIpc) is 3.15. The van der Waals surface area contributed by atoms with Gasteiger partial charge in [-0.2, -0.15) is 9.40 Å². The highest BCUT2D eigenvalue weighted by molar-refractivity contribution is 7.89. The molecule has 152 valence electrons. The van der Waals surface area contributed by atoms with E-state index in [9.17, 15) is 12.8 Å². The van der Waals surface area contributed by atoms with E-state index < -0.39 is 10.0 Å². The third-order valence-electron chi connectivity index (χ3n) is 5.32. The lowest BCUT2D eigenvalue weighted by molar-refractivity contribution is 0.0458. The molecular weight excluding hydrogens is 383 g/mol. The second-order valence-corrected chi connectivity index (χ2v) is 9.73. The van der Waals surface area contributed by atoms with Crippen molar-refractivity contribution in [3.05, 3.63) is 53.1 Å². The van der Waals surface area contributed by atoms with Crippen LogP contribution >= 0.6 is 0 Å². The van der Waals surface area contributed by atoms with Crippen LogP contribution in [0.2, 0.25) is 0 Å². The van der Waals surface area contributed by atoms with Crippen molar-refractivity contribution < 1.29 is 17.5 Å². The van der Waals surface area contributed by atoms with Crippen LogP contribution in [0.4, 0.5) is 4.39 Å². The second-order valence-electron chi connectivity index (χ2n) is 7.69. The standard InChI is InChI=1S/C19H25FN4O3S/c1-14-5-15(7-17(20)6-14)11-24-18-12-23(10-16-8-21-22(2)9-16)13-19(18)27-3-4-28(24,25)26/h5-9,18-19H,3-4,10-13H2,1-2H3/t18-,19+/m1/s1. The summed E-state index contributed by atoms with van der Waals surface area (Å²) in [5.41, 5.74) is 2.52. The number of sulfonamides is 1. The third kappa shape index (κ3) is 4.12. The van der Waals surface area contributed by atoms with Gasteiger partial charge in [0.1, 0.15) is 5.82 Å². The normalized spacial score (nSPS) is 25.5. The van der Waals surface area contributed by atoms with Crippen molar-refractivity contribution in [1.29, 1.82) is 0 Å². The van der Waals surface area contributed by atoms with Gasteiger partial charge in [0.05, 0.1) is 30.7 Å². The van der Waals surface area contributed by atoms with E-state index in [0.717, 1.165) is 11.1 Å². The number of hydrogen-bond donors (Lipinski definition) is 0. The number of fused-ring (bicyclic) bond motifs is 1. The lowest BCUT2D eigenvalue weighted by Crippen LogP contribution is -2.45. The Bertz CT molecular complexity index is 942.